The zero-order valence-electron chi connectivity index (χ0n) is 8.50. The highest BCUT2D eigenvalue weighted by Gasteiger charge is 2.06. The molecular formula is C13H12FN. The molecule has 0 saturated carbocycles. The Kier molecular flexibility index (Phi) is 2.42. The third-order valence-electron chi connectivity index (χ3n) is 2.41. The largest absolute Gasteiger partial charge is 0.399 e. The number of benzene rings is 2. The molecule has 2 aromatic rings. The van der Waals surface area contributed by atoms with Gasteiger partial charge in [0.15, 0.2) is 0 Å². The molecule has 0 fully saturated rings. The van der Waals surface area contributed by atoms with Gasteiger partial charge < -0.3 is 5.73 Å². The van der Waals surface area contributed by atoms with Crippen molar-refractivity contribution in [2.45, 2.75) is 6.92 Å². The number of anilines is 1. The van der Waals surface area contributed by atoms with Crippen molar-refractivity contribution >= 4 is 5.69 Å². The molecule has 2 aromatic carbocycles. The van der Waals surface area contributed by atoms with Crippen LogP contribution in [0.1, 0.15) is 5.56 Å². The molecule has 0 aliphatic heterocycles. The van der Waals surface area contributed by atoms with Gasteiger partial charge in [-0.1, -0.05) is 24.3 Å². The summed E-state index contributed by atoms with van der Waals surface area (Å²) >= 11 is 0. The Morgan fingerprint density at radius 1 is 1.00 bits per heavy atom. The lowest BCUT2D eigenvalue weighted by Gasteiger charge is -2.07. The van der Waals surface area contributed by atoms with E-state index in [0.717, 1.165) is 11.1 Å². The van der Waals surface area contributed by atoms with Gasteiger partial charge in [-0.15, -0.1) is 0 Å². The summed E-state index contributed by atoms with van der Waals surface area (Å²) < 4.78 is 13.5. The number of rotatable bonds is 1. The van der Waals surface area contributed by atoms with Gasteiger partial charge in [-0.2, -0.15) is 0 Å². The highest BCUT2D eigenvalue weighted by molar-refractivity contribution is 5.69. The van der Waals surface area contributed by atoms with Crippen molar-refractivity contribution in [1.29, 1.82) is 0 Å². The average Bonchev–Trinajstić information content (AvgIpc) is 2.20. The van der Waals surface area contributed by atoms with Crippen LogP contribution in [0.15, 0.2) is 42.5 Å². The van der Waals surface area contributed by atoms with Gasteiger partial charge in [-0.05, 0) is 36.2 Å². The van der Waals surface area contributed by atoms with Crippen molar-refractivity contribution in [3.8, 4) is 11.1 Å². The molecule has 0 saturated heterocycles. The normalized spacial score (nSPS) is 10.3. The van der Waals surface area contributed by atoms with Gasteiger partial charge in [0.05, 0.1) is 0 Å². The Bertz CT molecular complexity index is 492. The smallest absolute Gasteiger partial charge is 0.131 e. The predicted octanol–water partition coefficient (Wildman–Crippen LogP) is 3.38. The highest BCUT2D eigenvalue weighted by Crippen LogP contribution is 2.26. The fourth-order valence-electron chi connectivity index (χ4n) is 1.67. The summed E-state index contributed by atoms with van der Waals surface area (Å²) in [6.45, 7) is 1.93. The van der Waals surface area contributed by atoms with Crippen molar-refractivity contribution in [2.75, 3.05) is 5.73 Å². The first-order valence-electron chi connectivity index (χ1n) is 4.79. The van der Waals surface area contributed by atoms with E-state index in [-0.39, 0.29) is 5.82 Å². The van der Waals surface area contributed by atoms with Crippen LogP contribution in [0, 0.1) is 12.7 Å². The van der Waals surface area contributed by atoms with E-state index in [0.29, 0.717) is 11.3 Å². The lowest BCUT2D eigenvalue weighted by Crippen LogP contribution is -1.90. The summed E-state index contributed by atoms with van der Waals surface area (Å²) in [6.07, 6.45) is 0. The second-order valence-electron chi connectivity index (χ2n) is 3.55. The molecular weight excluding hydrogens is 189 g/mol. The number of hydrogen-bond donors (Lipinski definition) is 1. The van der Waals surface area contributed by atoms with E-state index in [2.05, 4.69) is 0 Å². The molecule has 0 aliphatic rings. The third kappa shape index (κ3) is 1.84. The van der Waals surface area contributed by atoms with Gasteiger partial charge >= 0.3 is 0 Å². The van der Waals surface area contributed by atoms with E-state index >= 15 is 0 Å². The molecule has 0 spiro atoms. The van der Waals surface area contributed by atoms with Crippen LogP contribution in [0.2, 0.25) is 0 Å². The molecule has 0 bridgehead atoms. The van der Waals surface area contributed by atoms with Gasteiger partial charge in [0, 0.05) is 11.3 Å². The third-order valence-corrected chi connectivity index (χ3v) is 2.41. The van der Waals surface area contributed by atoms with Crippen LogP contribution < -0.4 is 5.73 Å². The van der Waals surface area contributed by atoms with Gasteiger partial charge in [-0.3, -0.25) is 0 Å². The van der Waals surface area contributed by atoms with Gasteiger partial charge in [0.25, 0.3) is 0 Å². The van der Waals surface area contributed by atoms with Crippen LogP contribution in [0.3, 0.4) is 0 Å². The first-order chi connectivity index (χ1) is 7.18. The fourth-order valence-corrected chi connectivity index (χ4v) is 1.67. The lowest BCUT2D eigenvalue weighted by molar-refractivity contribution is 0.631. The van der Waals surface area contributed by atoms with Crippen LogP contribution >= 0.6 is 0 Å². The van der Waals surface area contributed by atoms with Crippen LogP contribution in [0.4, 0.5) is 10.1 Å². The zero-order valence-corrected chi connectivity index (χ0v) is 8.50. The second-order valence-corrected chi connectivity index (χ2v) is 3.55. The Morgan fingerprint density at radius 3 is 2.40 bits per heavy atom. The van der Waals surface area contributed by atoms with E-state index in [9.17, 15) is 4.39 Å². The van der Waals surface area contributed by atoms with Crippen LogP contribution in [0.25, 0.3) is 11.1 Å². The van der Waals surface area contributed by atoms with Crippen LogP contribution in [-0.2, 0) is 0 Å². The lowest BCUT2D eigenvalue weighted by atomic mass is 10.00. The van der Waals surface area contributed by atoms with E-state index in [4.69, 9.17) is 5.73 Å². The molecule has 0 atom stereocenters. The maximum absolute atomic E-state index is 13.5. The first kappa shape index (κ1) is 9.71. The van der Waals surface area contributed by atoms with Crippen molar-refractivity contribution in [3.63, 3.8) is 0 Å². The van der Waals surface area contributed by atoms with Crippen molar-refractivity contribution in [2.24, 2.45) is 0 Å². The van der Waals surface area contributed by atoms with Gasteiger partial charge in [-0.25, -0.2) is 4.39 Å². The summed E-state index contributed by atoms with van der Waals surface area (Å²) in [4.78, 5) is 0. The topological polar surface area (TPSA) is 26.0 Å². The molecule has 2 N–H and O–H groups in total. The number of nitrogens with two attached hydrogens (primary N) is 1. The maximum Gasteiger partial charge on any atom is 0.131 e. The molecule has 2 rings (SSSR count). The maximum atomic E-state index is 13.5. The highest BCUT2D eigenvalue weighted by atomic mass is 19.1. The molecule has 0 radical (unpaired) electrons. The van der Waals surface area contributed by atoms with Crippen LogP contribution in [0.5, 0.6) is 0 Å². The number of halogens is 1. The van der Waals surface area contributed by atoms with E-state index in [1.165, 1.54) is 6.07 Å². The first-order valence-corrected chi connectivity index (χ1v) is 4.79. The Balaban J connectivity index is 2.60. The number of hydrogen-bond acceptors (Lipinski definition) is 1. The van der Waals surface area contributed by atoms with E-state index < -0.39 is 0 Å². The molecule has 76 valence electrons. The molecule has 0 unspecified atom stereocenters. The number of nitrogen functional groups attached to an aromatic ring is 1. The predicted molar refractivity (Wildman–Crippen MR) is 61.0 cm³/mol. The van der Waals surface area contributed by atoms with Gasteiger partial charge in [0.1, 0.15) is 5.82 Å². The summed E-state index contributed by atoms with van der Waals surface area (Å²) in [6, 6.07) is 12.2. The molecule has 0 amide bonds. The van der Waals surface area contributed by atoms with Crippen molar-refractivity contribution in [3.05, 3.63) is 53.8 Å². The minimum atomic E-state index is -0.203. The molecule has 0 aliphatic carbocycles. The zero-order chi connectivity index (χ0) is 10.8. The average molecular weight is 201 g/mol. The molecule has 0 aromatic heterocycles. The Labute approximate surface area is 88.4 Å². The summed E-state index contributed by atoms with van der Waals surface area (Å²) in [5, 5.41) is 0. The summed E-state index contributed by atoms with van der Waals surface area (Å²) in [5.74, 6) is -0.203. The monoisotopic (exact) mass is 201 g/mol. The minimum absolute atomic E-state index is 0.203. The Hall–Kier alpha value is -1.83. The van der Waals surface area contributed by atoms with Crippen LogP contribution in [-0.4, -0.2) is 0 Å². The van der Waals surface area contributed by atoms with Crippen molar-refractivity contribution < 1.29 is 4.39 Å². The SMILES string of the molecule is Cc1cc(N)ccc1-c1ccccc1F. The molecule has 15 heavy (non-hydrogen) atoms. The van der Waals surface area contributed by atoms with Gasteiger partial charge in [0.2, 0.25) is 0 Å². The summed E-state index contributed by atoms with van der Waals surface area (Å²) in [7, 11) is 0. The second kappa shape index (κ2) is 3.73. The van der Waals surface area contributed by atoms with E-state index in [1.54, 1.807) is 18.2 Å². The van der Waals surface area contributed by atoms with Crippen molar-refractivity contribution in [1.82, 2.24) is 0 Å². The molecule has 1 nitrogen and oxygen atoms in total. The fraction of sp³-hybridized carbons (Fsp3) is 0.0769. The Morgan fingerprint density at radius 2 is 1.73 bits per heavy atom. The number of aryl methyl sites for hydroxylation is 1. The minimum Gasteiger partial charge on any atom is -0.399 e. The molecule has 0 heterocycles. The standard InChI is InChI=1S/C13H12FN/c1-9-8-10(15)6-7-11(9)12-4-2-3-5-13(12)14/h2-8H,15H2,1H3. The quantitative estimate of drug-likeness (QED) is 0.703. The summed E-state index contributed by atoms with van der Waals surface area (Å²) in [5.41, 5.74) is 8.85. The van der Waals surface area contributed by atoms with E-state index in [1.807, 2.05) is 25.1 Å². The molecule has 2 heteroatoms.